The largest absolute Gasteiger partial charge is 0.471 e. The van der Waals surface area contributed by atoms with Crippen LogP contribution in [0.25, 0.3) is 0 Å². The molecular formula is C13H22N2O. The lowest BCUT2D eigenvalue weighted by Gasteiger charge is -2.25. The average Bonchev–Trinajstić information content (AvgIpc) is 2.27. The van der Waals surface area contributed by atoms with E-state index >= 15 is 0 Å². The van der Waals surface area contributed by atoms with Crippen LogP contribution in [0.3, 0.4) is 0 Å². The van der Waals surface area contributed by atoms with E-state index in [0.717, 1.165) is 31.0 Å². The number of aromatic nitrogens is 1. The van der Waals surface area contributed by atoms with Crippen molar-refractivity contribution in [1.82, 2.24) is 10.3 Å². The van der Waals surface area contributed by atoms with Crippen LogP contribution in [0.15, 0.2) is 18.3 Å². The van der Waals surface area contributed by atoms with Gasteiger partial charge in [-0.3, -0.25) is 0 Å². The molecule has 0 spiro atoms. The van der Waals surface area contributed by atoms with E-state index in [2.05, 4.69) is 44.1 Å². The molecule has 1 aromatic heterocycles. The van der Waals surface area contributed by atoms with Crippen molar-refractivity contribution in [3.63, 3.8) is 0 Å². The fourth-order valence-electron chi connectivity index (χ4n) is 1.24. The summed E-state index contributed by atoms with van der Waals surface area (Å²) < 4.78 is 5.93. The average molecular weight is 222 g/mol. The molecule has 0 aliphatic heterocycles. The van der Waals surface area contributed by atoms with Gasteiger partial charge in [-0.2, -0.15) is 0 Å². The van der Waals surface area contributed by atoms with Crippen molar-refractivity contribution in [2.45, 2.75) is 46.3 Å². The van der Waals surface area contributed by atoms with Gasteiger partial charge >= 0.3 is 0 Å². The van der Waals surface area contributed by atoms with E-state index in [4.69, 9.17) is 4.74 Å². The van der Waals surface area contributed by atoms with Gasteiger partial charge in [0.2, 0.25) is 5.88 Å². The monoisotopic (exact) mass is 222 g/mol. The molecular weight excluding hydrogens is 200 g/mol. The highest BCUT2D eigenvalue weighted by Crippen LogP contribution is 2.22. The Morgan fingerprint density at radius 2 is 2.12 bits per heavy atom. The van der Waals surface area contributed by atoms with Crippen molar-refractivity contribution in [3.05, 3.63) is 23.9 Å². The number of ether oxygens (including phenoxy) is 1. The van der Waals surface area contributed by atoms with Gasteiger partial charge in [-0.1, -0.05) is 19.9 Å². The summed E-state index contributed by atoms with van der Waals surface area (Å²) in [5.41, 5.74) is 0.959. The summed E-state index contributed by atoms with van der Waals surface area (Å²) in [6, 6.07) is 4.00. The van der Waals surface area contributed by atoms with E-state index in [9.17, 15) is 0 Å². The molecule has 0 aromatic carbocycles. The molecule has 3 nitrogen and oxygen atoms in total. The number of hydrogen-bond donors (Lipinski definition) is 1. The molecule has 1 N–H and O–H groups in total. The van der Waals surface area contributed by atoms with Crippen molar-refractivity contribution < 1.29 is 4.74 Å². The minimum Gasteiger partial charge on any atom is -0.471 e. The molecule has 0 unspecified atom stereocenters. The molecule has 0 amide bonds. The van der Waals surface area contributed by atoms with Crippen LogP contribution in [0.5, 0.6) is 5.88 Å². The van der Waals surface area contributed by atoms with E-state index in [1.807, 2.05) is 6.07 Å². The minimum absolute atomic E-state index is 0.157. The van der Waals surface area contributed by atoms with Crippen LogP contribution in [-0.2, 0) is 6.54 Å². The smallest absolute Gasteiger partial charge is 0.218 e. The van der Waals surface area contributed by atoms with E-state index in [1.54, 1.807) is 6.20 Å². The van der Waals surface area contributed by atoms with Crippen LogP contribution in [0.1, 0.15) is 39.7 Å². The number of pyridine rings is 1. The third-order valence-corrected chi connectivity index (χ3v) is 2.64. The molecule has 90 valence electrons. The molecule has 0 saturated heterocycles. The first-order valence-electron chi connectivity index (χ1n) is 5.92. The quantitative estimate of drug-likeness (QED) is 0.803. The summed E-state index contributed by atoms with van der Waals surface area (Å²) >= 11 is 0. The zero-order chi connectivity index (χ0) is 12.0. The van der Waals surface area contributed by atoms with Gasteiger partial charge in [0.1, 0.15) is 5.60 Å². The highest BCUT2D eigenvalue weighted by molar-refractivity contribution is 5.25. The van der Waals surface area contributed by atoms with E-state index in [-0.39, 0.29) is 5.60 Å². The number of rotatable bonds is 6. The van der Waals surface area contributed by atoms with Gasteiger partial charge < -0.3 is 10.1 Å². The van der Waals surface area contributed by atoms with Crippen LogP contribution in [0.2, 0.25) is 0 Å². The molecule has 3 heteroatoms. The van der Waals surface area contributed by atoms with Gasteiger partial charge in [-0.25, -0.2) is 4.98 Å². The fourth-order valence-corrected chi connectivity index (χ4v) is 1.24. The third kappa shape index (κ3) is 3.81. The lowest BCUT2D eigenvalue weighted by Crippen LogP contribution is -2.28. The van der Waals surface area contributed by atoms with Gasteiger partial charge in [-0.15, -0.1) is 0 Å². The predicted octanol–water partition coefficient (Wildman–Crippen LogP) is 2.76. The zero-order valence-corrected chi connectivity index (χ0v) is 10.7. The maximum Gasteiger partial charge on any atom is 0.218 e. The molecule has 1 heterocycles. The molecule has 0 aliphatic carbocycles. The SMILES string of the molecule is CCNCc1cccnc1OC(C)(C)CC. The Morgan fingerprint density at radius 3 is 2.75 bits per heavy atom. The summed E-state index contributed by atoms with van der Waals surface area (Å²) in [7, 11) is 0. The third-order valence-electron chi connectivity index (χ3n) is 2.64. The lowest BCUT2D eigenvalue weighted by atomic mass is 10.1. The van der Waals surface area contributed by atoms with Crippen LogP contribution in [0, 0.1) is 0 Å². The number of nitrogens with one attached hydrogen (secondary N) is 1. The Bertz CT molecular complexity index is 323. The van der Waals surface area contributed by atoms with Crippen molar-refractivity contribution in [1.29, 1.82) is 0 Å². The molecule has 16 heavy (non-hydrogen) atoms. The fraction of sp³-hybridized carbons (Fsp3) is 0.615. The number of hydrogen-bond acceptors (Lipinski definition) is 3. The van der Waals surface area contributed by atoms with E-state index in [0.29, 0.717) is 0 Å². The Labute approximate surface area is 98.2 Å². The van der Waals surface area contributed by atoms with Gasteiger partial charge in [0.15, 0.2) is 0 Å². The summed E-state index contributed by atoms with van der Waals surface area (Å²) in [6.45, 7) is 10.1. The highest BCUT2D eigenvalue weighted by Gasteiger charge is 2.19. The van der Waals surface area contributed by atoms with Gasteiger partial charge in [0, 0.05) is 18.3 Å². The van der Waals surface area contributed by atoms with Crippen molar-refractivity contribution in [3.8, 4) is 5.88 Å². The predicted molar refractivity (Wildman–Crippen MR) is 66.6 cm³/mol. The molecule has 0 atom stereocenters. The van der Waals surface area contributed by atoms with Crippen LogP contribution >= 0.6 is 0 Å². The second kappa shape index (κ2) is 5.85. The van der Waals surface area contributed by atoms with Crippen molar-refractivity contribution in [2.24, 2.45) is 0 Å². The van der Waals surface area contributed by atoms with Crippen molar-refractivity contribution >= 4 is 0 Å². The molecule has 0 saturated carbocycles. The second-order valence-corrected chi connectivity index (χ2v) is 4.46. The van der Waals surface area contributed by atoms with Crippen LogP contribution in [-0.4, -0.2) is 17.1 Å². The minimum atomic E-state index is -0.157. The maximum atomic E-state index is 5.93. The first kappa shape index (κ1) is 13.0. The topological polar surface area (TPSA) is 34.2 Å². The first-order valence-corrected chi connectivity index (χ1v) is 5.92. The summed E-state index contributed by atoms with van der Waals surface area (Å²) in [5, 5.41) is 3.29. The van der Waals surface area contributed by atoms with Gasteiger partial charge in [0.05, 0.1) is 0 Å². The lowest BCUT2D eigenvalue weighted by molar-refractivity contribution is 0.0974. The normalized spacial score (nSPS) is 11.5. The van der Waals surface area contributed by atoms with Gasteiger partial charge in [0.25, 0.3) is 0 Å². The molecule has 1 aromatic rings. The first-order chi connectivity index (χ1) is 7.59. The highest BCUT2D eigenvalue weighted by atomic mass is 16.5. The standard InChI is InChI=1S/C13H22N2O/c1-5-13(3,4)16-12-11(10-14-6-2)8-7-9-15-12/h7-9,14H,5-6,10H2,1-4H3. The maximum absolute atomic E-state index is 5.93. The molecule has 0 aliphatic rings. The Balaban J connectivity index is 2.78. The van der Waals surface area contributed by atoms with E-state index in [1.165, 1.54) is 0 Å². The van der Waals surface area contributed by atoms with Gasteiger partial charge in [-0.05, 0) is 32.9 Å². The molecule has 0 radical (unpaired) electrons. The van der Waals surface area contributed by atoms with Crippen molar-refractivity contribution in [2.75, 3.05) is 6.54 Å². The molecule has 0 fully saturated rings. The Morgan fingerprint density at radius 1 is 1.38 bits per heavy atom. The second-order valence-electron chi connectivity index (χ2n) is 4.46. The van der Waals surface area contributed by atoms with Crippen LogP contribution < -0.4 is 10.1 Å². The van der Waals surface area contributed by atoms with Crippen LogP contribution in [0.4, 0.5) is 0 Å². The molecule has 1 rings (SSSR count). The van der Waals surface area contributed by atoms with E-state index < -0.39 is 0 Å². The zero-order valence-electron chi connectivity index (χ0n) is 10.7. The molecule has 0 bridgehead atoms. The Hall–Kier alpha value is -1.09. The summed E-state index contributed by atoms with van der Waals surface area (Å²) in [6.07, 6.45) is 2.74. The number of nitrogens with zero attached hydrogens (tertiary/aromatic N) is 1. The summed E-state index contributed by atoms with van der Waals surface area (Å²) in [4.78, 5) is 4.30. The Kier molecular flexibility index (Phi) is 4.74. The summed E-state index contributed by atoms with van der Waals surface area (Å²) in [5.74, 6) is 0.746.